The van der Waals surface area contributed by atoms with Gasteiger partial charge in [0.05, 0.1) is 10.6 Å². The van der Waals surface area contributed by atoms with Crippen molar-refractivity contribution in [1.29, 1.82) is 0 Å². The third-order valence-electron chi connectivity index (χ3n) is 3.29. The van der Waals surface area contributed by atoms with Crippen molar-refractivity contribution < 1.29 is 22.3 Å². The standard InChI is InChI=1S/C17H15ClF4O/c1-16(2,3)10-7-8-13(12(18)9-10)23-14-6-4-5-11(15(14)19)17(20,21)22/h4-9H,1-3H3. The van der Waals surface area contributed by atoms with E-state index in [4.69, 9.17) is 16.3 Å². The molecule has 0 atom stereocenters. The average molecular weight is 347 g/mol. The van der Waals surface area contributed by atoms with Gasteiger partial charge in [-0.15, -0.1) is 0 Å². The fourth-order valence-electron chi connectivity index (χ4n) is 1.98. The van der Waals surface area contributed by atoms with Crippen LogP contribution < -0.4 is 4.74 Å². The number of ether oxygens (including phenoxy) is 1. The third kappa shape index (κ3) is 3.96. The lowest BCUT2D eigenvalue weighted by molar-refractivity contribution is -0.140. The van der Waals surface area contributed by atoms with E-state index in [1.807, 2.05) is 20.8 Å². The number of rotatable bonds is 2. The summed E-state index contributed by atoms with van der Waals surface area (Å²) in [6.07, 6.45) is -4.79. The van der Waals surface area contributed by atoms with E-state index in [1.165, 1.54) is 6.07 Å². The van der Waals surface area contributed by atoms with Gasteiger partial charge in [-0.05, 0) is 35.2 Å². The Bertz CT molecular complexity index is 718. The van der Waals surface area contributed by atoms with Gasteiger partial charge in [0, 0.05) is 0 Å². The van der Waals surface area contributed by atoms with Crippen molar-refractivity contribution in [3.8, 4) is 11.5 Å². The van der Waals surface area contributed by atoms with Crippen LogP contribution in [0.4, 0.5) is 17.6 Å². The van der Waals surface area contributed by atoms with Gasteiger partial charge in [0.15, 0.2) is 11.6 Å². The van der Waals surface area contributed by atoms with Crippen LogP contribution in [-0.2, 0) is 11.6 Å². The highest BCUT2D eigenvalue weighted by molar-refractivity contribution is 6.32. The second-order valence-electron chi connectivity index (χ2n) is 6.11. The van der Waals surface area contributed by atoms with Gasteiger partial charge >= 0.3 is 6.18 Å². The van der Waals surface area contributed by atoms with Gasteiger partial charge in [-0.2, -0.15) is 13.2 Å². The maximum atomic E-state index is 14.0. The summed E-state index contributed by atoms with van der Waals surface area (Å²) in [6, 6.07) is 7.78. The van der Waals surface area contributed by atoms with E-state index in [1.54, 1.807) is 12.1 Å². The minimum Gasteiger partial charge on any atom is -0.453 e. The van der Waals surface area contributed by atoms with Gasteiger partial charge in [-0.3, -0.25) is 0 Å². The van der Waals surface area contributed by atoms with Crippen LogP contribution in [0.1, 0.15) is 31.9 Å². The first kappa shape index (κ1) is 17.6. The van der Waals surface area contributed by atoms with Gasteiger partial charge in [0.1, 0.15) is 5.75 Å². The molecule has 0 bridgehead atoms. The van der Waals surface area contributed by atoms with Crippen molar-refractivity contribution >= 4 is 11.6 Å². The SMILES string of the molecule is CC(C)(C)c1ccc(Oc2cccc(C(F)(F)F)c2F)c(Cl)c1. The molecule has 0 spiro atoms. The van der Waals surface area contributed by atoms with E-state index >= 15 is 0 Å². The quantitative estimate of drug-likeness (QED) is 0.557. The van der Waals surface area contributed by atoms with E-state index in [-0.39, 0.29) is 16.2 Å². The molecule has 0 aliphatic heterocycles. The minimum atomic E-state index is -4.79. The topological polar surface area (TPSA) is 9.23 Å². The van der Waals surface area contributed by atoms with Gasteiger partial charge < -0.3 is 4.74 Å². The molecule has 2 aromatic carbocycles. The Morgan fingerprint density at radius 1 is 0.957 bits per heavy atom. The van der Waals surface area contributed by atoms with Crippen molar-refractivity contribution in [3.05, 3.63) is 58.4 Å². The summed E-state index contributed by atoms with van der Waals surface area (Å²) in [6.45, 7) is 5.98. The Balaban J connectivity index is 2.37. The Morgan fingerprint density at radius 3 is 2.13 bits per heavy atom. The monoisotopic (exact) mass is 346 g/mol. The van der Waals surface area contributed by atoms with E-state index in [9.17, 15) is 17.6 Å². The molecule has 0 amide bonds. The van der Waals surface area contributed by atoms with E-state index in [2.05, 4.69) is 0 Å². The van der Waals surface area contributed by atoms with Crippen LogP contribution in [-0.4, -0.2) is 0 Å². The maximum absolute atomic E-state index is 14.0. The van der Waals surface area contributed by atoms with Crippen LogP contribution in [0.2, 0.25) is 5.02 Å². The zero-order chi connectivity index (χ0) is 17.4. The van der Waals surface area contributed by atoms with Crippen molar-refractivity contribution in [1.82, 2.24) is 0 Å². The number of halogens is 5. The van der Waals surface area contributed by atoms with E-state index in [0.29, 0.717) is 6.07 Å². The number of alkyl halides is 3. The molecule has 0 saturated carbocycles. The molecule has 0 aromatic heterocycles. The molecule has 0 aliphatic rings. The lowest BCUT2D eigenvalue weighted by atomic mass is 9.87. The highest BCUT2D eigenvalue weighted by Gasteiger charge is 2.35. The normalized spacial score (nSPS) is 12.3. The summed E-state index contributed by atoms with van der Waals surface area (Å²) in [7, 11) is 0. The van der Waals surface area contributed by atoms with Crippen LogP contribution in [0.25, 0.3) is 0 Å². The minimum absolute atomic E-state index is 0.0953. The van der Waals surface area contributed by atoms with Gasteiger partial charge in [-0.1, -0.05) is 44.5 Å². The van der Waals surface area contributed by atoms with Crippen LogP contribution >= 0.6 is 11.6 Å². The van der Waals surface area contributed by atoms with Crippen molar-refractivity contribution in [2.24, 2.45) is 0 Å². The van der Waals surface area contributed by atoms with Crippen molar-refractivity contribution in [2.45, 2.75) is 32.4 Å². The first-order chi connectivity index (χ1) is 10.5. The van der Waals surface area contributed by atoms with Crippen molar-refractivity contribution in [3.63, 3.8) is 0 Å². The van der Waals surface area contributed by atoms with Crippen LogP contribution in [0.15, 0.2) is 36.4 Å². The molecule has 6 heteroatoms. The first-order valence-electron chi connectivity index (χ1n) is 6.84. The summed E-state index contributed by atoms with van der Waals surface area (Å²) in [5.41, 5.74) is -0.597. The molecule has 0 fully saturated rings. The van der Waals surface area contributed by atoms with Crippen LogP contribution in [0, 0.1) is 5.82 Å². The highest BCUT2D eigenvalue weighted by atomic mass is 35.5. The Labute approximate surface area is 136 Å². The predicted molar refractivity (Wildman–Crippen MR) is 81.6 cm³/mol. The lowest BCUT2D eigenvalue weighted by Gasteiger charge is -2.20. The Kier molecular flexibility index (Phi) is 4.62. The molecule has 0 saturated heterocycles. The van der Waals surface area contributed by atoms with Crippen LogP contribution in [0.5, 0.6) is 11.5 Å². The largest absolute Gasteiger partial charge is 0.453 e. The second-order valence-corrected chi connectivity index (χ2v) is 6.52. The zero-order valence-corrected chi connectivity index (χ0v) is 13.5. The first-order valence-corrected chi connectivity index (χ1v) is 7.21. The molecule has 2 aromatic rings. The molecular formula is C17H15ClF4O. The zero-order valence-electron chi connectivity index (χ0n) is 12.8. The molecule has 0 heterocycles. The number of hydrogen-bond donors (Lipinski definition) is 0. The molecule has 0 radical (unpaired) electrons. The molecule has 2 rings (SSSR count). The molecule has 0 aliphatic carbocycles. The Hall–Kier alpha value is -1.75. The van der Waals surface area contributed by atoms with Gasteiger partial charge in [0.25, 0.3) is 0 Å². The molecule has 124 valence electrons. The molecule has 0 N–H and O–H groups in total. The third-order valence-corrected chi connectivity index (χ3v) is 3.58. The van der Waals surface area contributed by atoms with Crippen LogP contribution in [0.3, 0.4) is 0 Å². The van der Waals surface area contributed by atoms with E-state index < -0.39 is 23.3 Å². The summed E-state index contributed by atoms with van der Waals surface area (Å²) in [4.78, 5) is 0. The number of benzene rings is 2. The summed E-state index contributed by atoms with van der Waals surface area (Å²) in [5.74, 6) is -1.89. The smallest absolute Gasteiger partial charge is 0.419 e. The molecule has 23 heavy (non-hydrogen) atoms. The average Bonchev–Trinajstić information content (AvgIpc) is 2.40. The second kappa shape index (κ2) is 6.04. The molecule has 1 nitrogen and oxygen atoms in total. The maximum Gasteiger partial charge on any atom is 0.419 e. The predicted octanol–water partition coefficient (Wildman–Crippen LogP) is 6.59. The highest BCUT2D eigenvalue weighted by Crippen LogP contribution is 2.38. The lowest BCUT2D eigenvalue weighted by Crippen LogP contribution is -2.11. The van der Waals surface area contributed by atoms with Gasteiger partial charge in [0.2, 0.25) is 0 Å². The summed E-state index contributed by atoms with van der Waals surface area (Å²) in [5, 5.41) is 0.203. The summed E-state index contributed by atoms with van der Waals surface area (Å²) >= 11 is 6.10. The molecular weight excluding hydrogens is 332 g/mol. The fraction of sp³-hybridized carbons (Fsp3) is 0.294. The number of hydrogen-bond acceptors (Lipinski definition) is 1. The Morgan fingerprint density at radius 2 is 1.61 bits per heavy atom. The molecule has 0 unspecified atom stereocenters. The fourth-order valence-corrected chi connectivity index (χ4v) is 2.20. The summed E-state index contributed by atoms with van der Waals surface area (Å²) < 4.78 is 57.3. The van der Waals surface area contributed by atoms with Crippen molar-refractivity contribution in [2.75, 3.05) is 0 Å². The van der Waals surface area contributed by atoms with E-state index in [0.717, 1.165) is 17.7 Å². The van der Waals surface area contributed by atoms with Gasteiger partial charge in [-0.25, -0.2) is 4.39 Å².